The Morgan fingerprint density at radius 2 is 2.00 bits per heavy atom. The standard InChI is InChI=1S/C15H16N4O2/c1-9(2)13-14(17)18-8-19-15(13)21-11-5-4-10(7-16)6-12(11)20-3/h4-6,8-9H,1-3H3,(H2,17,18,19). The van der Waals surface area contributed by atoms with Crippen LogP contribution < -0.4 is 15.2 Å². The summed E-state index contributed by atoms with van der Waals surface area (Å²) in [5.74, 6) is 1.83. The van der Waals surface area contributed by atoms with Crippen LogP contribution in [0.25, 0.3) is 0 Å². The van der Waals surface area contributed by atoms with Crippen molar-refractivity contribution < 1.29 is 9.47 Å². The number of methoxy groups -OCH3 is 1. The van der Waals surface area contributed by atoms with Gasteiger partial charge in [0.15, 0.2) is 11.5 Å². The first-order chi connectivity index (χ1) is 10.1. The molecule has 2 N–H and O–H groups in total. The van der Waals surface area contributed by atoms with Gasteiger partial charge in [-0.25, -0.2) is 9.97 Å². The van der Waals surface area contributed by atoms with Crippen molar-refractivity contribution in [2.75, 3.05) is 12.8 Å². The van der Waals surface area contributed by atoms with Gasteiger partial charge in [0.25, 0.3) is 0 Å². The van der Waals surface area contributed by atoms with E-state index in [0.717, 1.165) is 5.56 Å². The van der Waals surface area contributed by atoms with Crippen LogP contribution in [0, 0.1) is 11.3 Å². The molecule has 0 radical (unpaired) electrons. The maximum Gasteiger partial charge on any atom is 0.228 e. The zero-order valence-electron chi connectivity index (χ0n) is 12.1. The highest BCUT2D eigenvalue weighted by molar-refractivity contribution is 5.51. The average Bonchev–Trinajstić information content (AvgIpc) is 2.47. The molecule has 1 heterocycles. The van der Waals surface area contributed by atoms with Crippen LogP contribution in [0.1, 0.15) is 30.9 Å². The molecule has 0 saturated heterocycles. The van der Waals surface area contributed by atoms with E-state index in [1.807, 2.05) is 13.8 Å². The molecule has 2 aromatic rings. The van der Waals surface area contributed by atoms with E-state index in [9.17, 15) is 0 Å². The molecule has 0 fully saturated rings. The minimum absolute atomic E-state index is 0.116. The second kappa shape index (κ2) is 6.09. The minimum Gasteiger partial charge on any atom is -0.493 e. The second-order valence-corrected chi connectivity index (χ2v) is 4.71. The molecule has 1 aromatic heterocycles. The summed E-state index contributed by atoms with van der Waals surface area (Å²) in [6.07, 6.45) is 1.35. The van der Waals surface area contributed by atoms with Crippen molar-refractivity contribution in [1.29, 1.82) is 5.26 Å². The Hall–Kier alpha value is -2.81. The van der Waals surface area contributed by atoms with Crippen LogP contribution >= 0.6 is 0 Å². The number of hydrogen-bond donors (Lipinski definition) is 1. The highest BCUT2D eigenvalue weighted by Crippen LogP contribution is 2.36. The summed E-state index contributed by atoms with van der Waals surface area (Å²) >= 11 is 0. The zero-order chi connectivity index (χ0) is 15.4. The van der Waals surface area contributed by atoms with Gasteiger partial charge in [-0.2, -0.15) is 5.26 Å². The van der Waals surface area contributed by atoms with Gasteiger partial charge in [0, 0.05) is 6.07 Å². The molecular weight excluding hydrogens is 268 g/mol. The number of rotatable bonds is 4. The fourth-order valence-corrected chi connectivity index (χ4v) is 1.94. The number of anilines is 1. The first kappa shape index (κ1) is 14.6. The topological polar surface area (TPSA) is 94.0 Å². The molecule has 0 aliphatic heterocycles. The van der Waals surface area contributed by atoms with Crippen molar-refractivity contribution in [2.24, 2.45) is 0 Å². The van der Waals surface area contributed by atoms with Crippen molar-refractivity contribution in [3.63, 3.8) is 0 Å². The van der Waals surface area contributed by atoms with Crippen LogP contribution in [0.15, 0.2) is 24.5 Å². The maximum atomic E-state index is 8.91. The third kappa shape index (κ3) is 3.03. The molecule has 0 saturated carbocycles. The largest absolute Gasteiger partial charge is 0.493 e. The monoisotopic (exact) mass is 284 g/mol. The number of hydrogen-bond acceptors (Lipinski definition) is 6. The van der Waals surface area contributed by atoms with E-state index in [1.54, 1.807) is 18.2 Å². The molecule has 2 rings (SSSR count). The first-order valence-electron chi connectivity index (χ1n) is 6.43. The molecule has 0 bridgehead atoms. The Balaban J connectivity index is 2.44. The normalized spacial score (nSPS) is 10.2. The molecule has 0 atom stereocenters. The summed E-state index contributed by atoms with van der Waals surface area (Å²) < 4.78 is 11.0. The van der Waals surface area contributed by atoms with E-state index in [2.05, 4.69) is 16.0 Å². The maximum absolute atomic E-state index is 8.91. The van der Waals surface area contributed by atoms with Crippen molar-refractivity contribution >= 4 is 5.82 Å². The Morgan fingerprint density at radius 3 is 2.62 bits per heavy atom. The van der Waals surface area contributed by atoms with Gasteiger partial charge in [-0.05, 0) is 18.1 Å². The van der Waals surface area contributed by atoms with Crippen molar-refractivity contribution in [3.05, 3.63) is 35.7 Å². The third-order valence-corrected chi connectivity index (χ3v) is 2.95. The van der Waals surface area contributed by atoms with Gasteiger partial charge in [0.1, 0.15) is 12.1 Å². The molecule has 0 spiro atoms. The van der Waals surface area contributed by atoms with Crippen LogP contribution in [0.5, 0.6) is 17.4 Å². The number of nitrogens with zero attached hydrogens (tertiary/aromatic N) is 3. The molecule has 108 valence electrons. The van der Waals surface area contributed by atoms with Crippen LogP contribution in [-0.4, -0.2) is 17.1 Å². The summed E-state index contributed by atoms with van der Waals surface area (Å²) in [6.45, 7) is 3.97. The summed E-state index contributed by atoms with van der Waals surface area (Å²) in [4.78, 5) is 8.13. The third-order valence-electron chi connectivity index (χ3n) is 2.95. The van der Waals surface area contributed by atoms with E-state index in [4.69, 9.17) is 20.5 Å². The SMILES string of the molecule is COc1cc(C#N)ccc1Oc1ncnc(N)c1C(C)C. The highest BCUT2D eigenvalue weighted by Gasteiger charge is 2.16. The smallest absolute Gasteiger partial charge is 0.228 e. The number of ether oxygens (including phenoxy) is 2. The Kier molecular flexibility index (Phi) is 4.24. The predicted molar refractivity (Wildman–Crippen MR) is 78.3 cm³/mol. The van der Waals surface area contributed by atoms with Crippen LogP contribution in [-0.2, 0) is 0 Å². The van der Waals surface area contributed by atoms with Crippen molar-refractivity contribution in [1.82, 2.24) is 9.97 Å². The number of nitriles is 1. The van der Waals surface area contributed by atoms with Gasteiger partial charge >= 0.3 is 0 Å². The minimum atomic E-state index is 0.116. The lowest BCUT2D eigenvalue weighted by Crippen LogP contribution is -2.04. The Bertz CT molecular complexity index is 693. The number of benzene rings is 1. The lowest BCUT2D eigenvalue weighted by molar-refractivity contribution is 0.371. The van der Waals surface area contributed by atoms with E-state index >= 15 is 0 Å². The summed E-state index contributed by atoms with van der Waals surface area (Å²) in [6, 6.07) is 6.97. The molecule has 21 heavy (non-hydrogen) atoms. The lowest BCUT2D eigenvalue weighted by Gasteiger charge is -2.15. The summed E-state index contributed by atoms with van der Waals surface area (Å²) in [5, 5.41) is 8.91. The van der Waals surface area contributed by atoms with Gasteiger partial charge in [-0.15, -0.1) is 0 Å². The van der Waals surface area contributed by atoms with E-state index in [0.29, 0.717) is 28.8 Å². The van der Waals surface area contributed by atoms with E-state index in [1.165, 1.54) is 13.4 Å². The van der Waals surface area contributed by atoms with Crippen LogP contribution in [0.3, 0.4) is 0 Å². The van der Waals surface area contributed by atoms with Gasteiger partial charge in [-0.1, -0.05) is 13.8 Å². The highest BCUT2D eigenvalue weighted by atomic mass is 16.5. The summed E-state index contributed by atoms with van der Waals surface area (Å²) in [5.41, 5.74) is 7.12. The Morgan fingerprint density at radius 1 is 1.24 bits per heavy atom. The van der Waals surface area contributed by atoms with Crippen LogP contribution in [0.4, 0.5) is 5.82 Å². The van der Waals surface area contributed by atoms with Gasteiger partial charge in [-0.3, -0.25) is 0 Å². The fraction of sp³-hybridized carbons (Fsp3) is 0.267. The van der Waals surface area contributed by atoms with Gasteiger partial charge < -0.3 is 15.2 Å². The first-order valence-corrected chi connectivity index (χ1v) is 6.43. The van der Waals surface area contributed by atoms with Crippen molar-refractivity contribution in [3.8, 4) is 23.4 Å². The number of nitrogen functional groups attached to an aromatic ring is 1. The summed E-state index contributed by atoms with van der Waals surface area (Å²) in [7, 11) is 1.51. The quantitative estimate of drug-likeness (QED) is 0.927. The molecule has 6 nitrogen and oxygen atoms in total. The lowest BCUT2D eigenvalue weighted by atomic mass is 10.1. The van der Waals surface area contributed by atoms with Gasteiger partial charge in [0.2, 0.25) is 5.88 Å². The predicted octanol–water partition coefficient (Wildman–Crippen LogP) is 2.85. The number of nitrogens with two attached hydrogens (primary N) is 1. The molecule has 1 aromatic carbocycles. The van der Waals surface area contributed by atoms with Crippen molar-refractivity contribution in [2.45, 2.75) is 19.8 Å². The molecule has 0 amide bonds. The van der Waals surface area contributed by atoms with E-state index in [-0.39, 0.29) is 5.92 Å². The zero-order valence-corrected chi connectivity index (χ0v) is 12.1. The molecule has 6 heteroatoms. The van der Waals surface area contributed by atoms with Crippen LogP contribution in [0.2, 0.25) is 0 Å². The molecule has 0 aliphatic carbocycles. The fourth-order valence-electron chi connectivity index (χ4n) is 1.94. The number of aromatic nitrogens is 2. The molecule has 0 unspecified atom stereocenters. The molecule has 0 aliphatic rings. The average molecular weight is 284 g/mol. The van der Waals surface area contributed by atoms with Gasteiger partial charge in [0.05, 0.1) is 24.3 Å². The molecular formula is C15H16N4O2. The Labute approximate surface area is 123 Å². The second-order valence-electron chi connectivity index (χ2n) is 4.71. The van der Waals surface area contributed by atoms with E-state index < -0.39 is 0 Å².